The average Bonchev–Trinajstić information content (AvgIpc) is 3.33. The molecule has 6 rings (SSSR count). The number of nitrogens with two attached hydrogens (primary N) is 1. The number of para-hydroxylation sites is 1. The zero-order valence-electron chi connectivity index (χ0n) is 22.6. The van der Waals surface area contributed by atoms with E-state index in [4.69, 9.17) is 10.5 Å². The fourth-order valence-electron chi connectivity index (χ4n) is 5.44. The van der Waals surface area contributed by atoms with Gasteiger partial charge in [-0.05, 0) is 62.6 Å². The second-order valence-electron chi connectivity index (χ2n) is 10.2. The smallest absolute Gasteiger partial charge is 0.253 e. The van der Waals surface area contributed by atoms with E-state index in [2.05, 4.69) is 15.4 Å². The van der Waals surface area contributed by atoms with E-state index in [9.17, 15) is 9.59 Å². The standard InChI is InChI=1S/C30H30FN7O3/c1-19(26-9-5-6-12-36(26)37(18-39)22-7-3-2-4-8-22)30(40)35-21-10-11-23(25(31)13-21)24-14-27(20-15-41-16-20)38-28(24)29(32)33-17-34-38/h2-4,7-8,10-11,13-14,17-18,20H,5-6,9,12,15-16H2,1H3,(H,35,40)(H2,32,33,34)/b26-19+. The molecule has 2 aliphatic rings. The third-order valence-corrected chi connectivity index (χ3v) is 7.68. The number of nitrogen functional groups attached to an aromatic ring is 1. The molecule has 0 aliphatic carbocycles. The van der Waals surface area contributed by atoms with Crippen molar-refractivity contribution < 1.29 is 18.7 Å². The van der Waals surface area contributed by atoms with Crippen molar-refractivity contribution in [2.24, 2.45) is 0 Å². The van der Waals surface area contributed by atoms with Crippen molar-refractivity contribution >= 4 is 35.0 Å². The Hall–Kier alpha value is -4.77. The lowest BCUT2D eigenvalue weighted by molar-refractivity contribution is -0.113. The SMILES string of the molecule is C/C(C(=O)Nc1ccc(-c2cc(C3COC3)n3ncnc(N)c23)c(F)c1)=C1/CCCCN1N(C=O)c1ccccc1. The van der Waals surface area contributed by atoms with Gasteiger partial charge in [0.15, 0.2) is 5.82 Å². The molecule has 0 bridgehead atoms. The molecule has 3 N–H and O–H groups in total. The van der Waals surface area contributed by atoms with Gasteiger partial charge < -0.3 is 15.8 Å². The molecule has 41 heavy (non-hydrogen) atoms. The van der Waals surface area contributed by atoms with Crippen molar-refractivity contribution in [2.45, 2.75) is 32.1 Å². The zero-order valence-corrected chi connectivity index (χ0v) is 22.6. The molecule has 2 fully saturated rings. The van der Waals surface area contributed by atoms with Crippen LogP contribution >= 0.6 is 0 Å². The van der Waals surface area contributed by atoms with Crippen molar-refractivity contribution in [3.05, 3.63) is 83.7 Å². The second kappa shape index (κ2) is 11.0. The molecule has 210 valence electrons. The van der Waals surface area contributed by atoms with Crippen molar-refractivity contribution in [1.82, 2.24) is 19.6 Å². The van der Waals surface area contributed by atoms with Crippen LogP contribution in [0.1, 0.15) is 37.8 Å². The maximum absolute atomic E-state index is 15.6. The molecule has 0 atom stereocenters. The minimum Gasteiger partial charge on any atom is -0.382 e. The van der Waals surface area contributed by atoms with E-state index >= 15 is 4.39 Å². The Morgan fingerprint density at radius 3 is 2.66 bits per heavy atom. The number of halogens is 1. The molecule has 2 aliphatic heterocycles. The summed E-state index contributed by atoms with van der Waals surface area (Å²) in [7, 11) is 0. The number of hydrogen-bond acceptors (Lipinski definition) is 7. The van der Waals surface area contributed by atoms with Gasteiger partial charge in [0.25, 0.3) is 5.91 Å². The van der Waals surface area contributed by atoms with Gasteiger partial charge in [-0.15, -0.1) is 0 Å². The number of nitrogens with zero attached hydrogens (tertiary/aromatic N) is 5. The third-order valence-electron chi connectivity index (χ3n) is 7.68. The number of fused-ring (bicyclic) bond motifs is 1. The molecule has 0 unspecified atom stereocenters. The van der Waals surface area contributed by atoms with Crippen molar-refractivity contribution in [3.8, 4) is 11.1 Å². The van der Waals surface area contributed by atoms with Crippen LogP contribution in [-0.4, -0.2) is 51.7 Å². The summed E-state index contributed by atoms with van der Waals surface area (Å²) in [5.41, 5.74) is 10.7. The van der Waals surface area contributed by atoms with Gasteiger partial charge in [0.2, 0.25) is 6.41 Å². The third kappa shape index (κ3) is 4.89. The molecule has 0 spiro atoms. The normalized spacial score (nSPS) is 16.8. The van der Waals surface area contributed by atoms with Crippen LogP contribution in [0.25, 0.3) is 16.6 Å². The fourth-order valence-corrected chi connectivity index (χ4v) is 5.44. The Bertz CT molecular complexity index is 1650. The first-order chi connectivity index (χ1) is 20.0. The summed E-state index contributed by atoms with van der Waals surface area (Å²) in [6.45, 7) is 3.45. The molecule has 0 saturated carbocycles. The highest BCUT2D eigenvalue weighted by molar-refractivity contribution is 6.04. The monoisotopic (exact) mass is 555 g/mol. The fraction of sp³-hybridized carbons (Fsp3) is 0.267. The highest BCUT2D eigenvalue weighted by atomic mass is 19.1. The van der Waals surface area contributed by atoms with Crippen LogP contribution in [0.2, 0.25) is 0 Å². The number of aromatic nitrogens is 3. The number of hydrogen-bond donors (Lipinski definition) is 2. The number of ether oxygens (including phenoxy) is 1. The summed E-state index contributed by atoms with van der Waals surface area (Å²) in [5.74, 6) is -0.495. The number of allylic oxidation sites excluding steroid dienone is 1. The first-order valence-electron chi connectivity index (χ1n) is 13.5. The predicted octanol–water partition coefficient (Wildman–Crippen LogP) is 4.51. The number of rotatable bonds is 7. The number of amides is 2. The van der Waals surface area contributed by atoms with Crippen LogP contribution in [0.3, 0.4) is 0 Å². The molecule has 4 aromatic rings. The molecular formula is C30H30FN7O3. The van der Waals surface area contributed by atoms with Crippen LogP contribution in [0.4, 0.5) is 21.6 Å². The lowest BCUT2D eigenvalue weighted by Gasteiger charge is -2.39. The summed E-state index contributed by atoms with van der Waals surface area (Å²) in [6.07, 6.45) is 4.56. The van der Waals surface area contributed by atoms with Crippen molar-refractivity contribution in [1.29, 1.82) is 0 Å². The number of nitrogens with one attached hydrogen (secondary N) is 1. The quantitative estimate of drug-likeness (QED) is 0.255. The van der Waals surface area contributed by atoms with Crippen LogP contribution in [0.15, 0.2) is 72.2 Å². The van der Waals surface area contributed by atoms with Gasteiger partial charge in [-0.3, -0.25) is 14.6 Å². The summed E-state index contributed by atoms with van der Waals surface area (Å²) >= 11 is 0. The zero-order chi connectivity index (χ0) is 28.5. The van der Waals surface area contributed by atoms with E-state index in [1.807, 2.05) is 41.4 Å². The highest BCUT2D eigenvalue weighted by Gasteiger charge is 2.28. The molecule has 2 amide bonds. The minimum atomic E-state index is -0.518. The van der Waals surface area contributed by atoms with E-state index in [0.29, 0.717) is 59.8 Å². The molecule has 11 heteroatoms. The summed E-state index contributed by atoms with van der Waals surface area (Å²) in [5, 5.41) is 10.5. The summed E-state index contributed by atoms with van der Waals surface area (Å²) in [4.78, 5) is 29.5. The van der Waals surface area contributed by atoms with Gasteiger partial charge in [-0.2, -0.15) is 5.10 Å². The lowest BCUT2D eigenvalue weighted by atomic mass is 10.0. The summed E-state index contributed by atoms with van der Waals surface area (Å²) < 4.78 is 22.6. The minimum absolute atomic E-state index is 0.138. The number of anilines is 3. The summed E-state index contributed by atoms with van der Waals surface area (Å²) in [6, 6.07) is 15.7. The van der Waals surface area contributed by atoms with E-state index in [1.54, 1.807) is 23.6 Å². The van der Waals surface area contributed by atoms with Crippen molar-refractivity contribution in [2.75, 3.05) is 35.8 Å². The number of carbonyl (C=O) groups excluding carboxylic acids is 2. The van der Waals surface area contributed by atoms with E-state index in [-0.39, 0.29) is 17.6 Å². The average molecular weight is 556 g/mol. The largest absolute Gasteiger partial charge is 0.382 e. The molecular weight excluding hydrogens is 525 g/mol. The molecule has 4 heterocycles. The van der Waals surface area contributed by atoms with E-state index < -0.39 is 5.82 Å². The Labute approximate surface area is 236 Å². The second-order valence-corrected chi connectivity index (χ2v) is 10.2. The van der Waals surface area contributed by atoms with E-state index in [1.165, 1.54) is 17.4 Å². The number of hydrazine groups is 1. The molecule has 2 saturated heterocycles. The first kappa shape index (κ1) is 26.5. The molecule has 0 radical (unpaired) electrons. The van der Waals surface area contributed by atoms with Crippen LogP contribution < -0.4 is 16.1 Å². The Balaban J connectivity index is 1.28. The van der Waals surface area contributed by atoms with Crippen LogP contribution in [0.5, 0.6) is 0 Å². The van der Waals surface area contributed by atoms with Crippen molar-refractivity contribution in [3.63, 3.8) is 0 Å². The van der Waals surface area contributed by atoms with Gasteiger partial charge in [0.05, 0.1) is 24.6 Å². The van der Waals surface area contributed by atoms with Gasteiger partial charge in [-0.25, -0.2) is 18.9 Å². The Morgan fingerprint density at radius 1 is 1.15 bits per heavy atom. The van der Waals surface area contributed by atoms with Gasteiger partial charge in [-0.1, -0.05) is 18.2 Å². The lowest BCUT2D eigenvalue weighted by Crippen LogP contribution is -2.44. The Morgan fingerprint density at radius 2 is 1.95 bits per heavy atom. The highest BCUT2D eigenvalue weighted by Crippen LogP contribution is 2.37. The number of piperidine rings is 1. The molecule has 10 nitrogen and oxygen atoms in total. The van der Waals surface area contributed by atoms with Gasteiger partial charge in [0.1, 0.15) is 17.7 Å². The topological polar surface area (TPSA) is 118 Å². The van der Waals surface area contributed by atoms with E-state index in [0.717, 1.165) is 30.6 Å². The predicted molar refractivity (Wildman–Crippen MR) is 153 cm³/mol. The molecule has 2 aromatic carbocycles. The first-order valence-corrected chi connectivity index (χ1v) is 13.5. The number of carbonyl (C=O) groups is 2. The molecule has 2 aromatic heterocycles. The Kier molecular flexibility index (Phi) is 7.10. The number of benzene rings is 2. The van der Waals surface area contributed by atoms with Gasteiger partial charge >= 0.3 is 0 Å². The van der Waals surface area contributed by atoms with Crippen LogP contribution in [0, 0.1) is 5.82 Å². The maximum Gasteiger partial charge on any atom is 0.253 e. The van der Waals surface area contributed by atoms with Crippen LogP contribution in [-0.2, 0) is 14.3 Å². The van der Waals surface area contributed by atoms with Gasteiger partial charge in [0, 0.05) is 40.5 Å². The maximum atomic E-state index is 15.6.